The zero-order valence-corrected chi connectivity index (χ0v) is 11.0. The number of carboxylic acids is 1. The van der Waals surface area contributed by atoms with Crippen molar-refractivity contribution >= 4 is 17.7 Å². The molecule has 0 aromatic rings. The number of aliphatic hydroxyl groups is 4. The highest BCUT2D eigenvalue weighted by Gasteiger charge is 2.48. The molecule has 1 aliphatic heterocycles. The molecule has 7 nitrogen and oxygen atoms in total. The molecule has 1 aliphatic rings. The molecule has 0 saturated carbocycles. The summed E-state index contributed by atoms with van der Waals surface area (Å²) in [6.07, 6.45) is -4.38. The van der Waals surface area contributed by atoms with Gasteiger partial charge in [-0.05, 0) is 13.8 Å². The molecule has 0 aromatic heterocycles. The number of nitrogens with one attached hydrogen (secondary N) is 1. The van der Waals surface area contributed by atoms with Crippen LogP contribution in [0.4, 0.5) is 0 Å². The van der Waals surface area contributed by atoms with E-state index in [-0.39, 0.29) is 0 Å². The van der Waals surface area contributed by atoms with Gasteiger partial charge in [-0.15, -0.1) is 11.8 Å². The van der Waals surface area contributed by atoms with E-state index in [1.807, 2.05) is 0 Å². The van der Waals surface area contributed by atoms with Gasteiger partial charge in [0.1, 0.15) is 24.4 Å². The molecule has 106 valence electrons. The van der Waals surface area contributed by atoms with E-state index in [1.54, 1.807) is 13.8 Å². The molecule has 0 spiro atoms. The Morgan fingerprint density at radius 2 is 1.94 bits per heavy atom. The van der Waals surface area contributed by atoms with Gasteiger partial charge in [-0.3, -0.25) is 10.1 Å². The predicted octanol–water partition coefficient (Wildman–Crippen LogP) is -2.04. The summed E-state index contributed by atoms with van der Waals surface area (Å²) in [7, 11) is 0. The van der Waals surface area contributed by atoms with Crippen LogP contribution in [0.2, 0.25) is 0 Å². The molecule has 1 heterocycles. The summed E-state index contributed by atoms with van der Waals surface area (Å²) >= 11 is 1.17. The zero-order valence-electron chi connectivity index (χ0n) is 10.1. The molecule has 0 aromatic carbocycles. The smallest absolute Gasteiger partial charge is 0.322 e. The molecule has 0 aliphatic carbocycles. The van der Waals surface area contributed by atoms with Crippen LogP contribution in [0.3, 0.4) is 0 Å². The van der Waals surface area contributed by atoms with Crippen LogP contribution in [0.5, 0.6) is 0 Å². The third kappa shape index (κ3) is 3.14. The lowest BCUT2D eigenvalue weighted by Crippen LogP contribution is -2.51. The van der Waals surface area contributed by atoms with Gasteiger partial charge in [0.2, 0.25) is 0 Å². The quantitative estimate of drug-likeness (QED) is 0.340. The second-order valence-corrected chi connectivity index (χ2v) is 6.61. The van der Waals surface area contributed by atoms with E-state index in [0.29, 0.717) is 0 Å². The summed E-state index contributed by atoms with van der Waals surface area (Å²) in [5.41, 5.74) is 0. The maximum absolute atomic E-state index is 11.0. The van der Waals surface area contributed by atoms with Crippen molar-refractivity contribution in [1.29, 1.82) is 0 Å². The Morgan fingerprint density at radius 3 is 2.33 bits per heavy atom. The van der Waals surface area contributed by atoms with Gasteiger partial charge < -0.3 is 25.5 Å². The van der Waals surface area contributed by atoms with E-state index >= 15 is 0 Å². The van der Waals surface area contributed by atoms with Crippen LogP contribution in [0.15, 0.2) is 0 Å². The Bertz CT molecular complexity index is 313. The third-order valence-corrected chi connectivity index (χ3v) is 4.46. The van der Waals surface area contributed by atoms with Crippen molar-refractivity contribution in [2.45, 2.75) is 48.3 Å². The van der Waals surface area contributed by atoms with E-state index in [2.05, 4.69) is 5.32 Å². The molecule has 1 rings (SSSR count). The summed E-state index contributed by atoms with van der Waals surface area (Å²) in [6, 6.07) is -0.861. The largest absolute Gasteiger partial charge is 0.480 e. The van der Waals surface area contributed by atoms with Crippen molar-refractivity contribution in [3.05, 3.63) is 0 Å². The lowest BCUT2D eigenvalue weighted by atomic mass is 10.0. The second-order valence-electron chi connectivity index (χ2n) is 4.81. The van der Waals surface area contributed by atoms with Crippen molar-refractivity contribution in [3.63, 3.8) is 0 Å². The summed E-state index contributed by atoms with van der Waals surface area (Å²) in [4.78, 5) is 11.0. The molecule has 8 heteroatoms. The number of aliphatic hydroxyl groups excluding tert-OH is 4. The summed E-state index contributed by atoms with van der Waals surface area (Å²) < 4.78 is -0.651. The Morgan fingerprint density at radius 1 is 1.39 bits per heavy atom. The normalized spacial score (nSPS) is 31.9. The second kappa shape index (κ2) is 5.72. The predicted molar refractivity (Wildman–Crippen MR) is 65.1 cm³/mol. The SMILES string of the molecule is CC1(C)SC([C@@H](O)[C@H](O)[C@H](O)CO)N[C@H]1C(=O)O. The number of carbonyl (C=O) groups is 1. The average molecular weight is 281 g/mol. The van der Waals surface area contributed by atoms with Crippen LogP contribution in [0.25, 0.3) is 0 Å². The number of rotatable bonds is 5. The molecular weight excluding hydrogens is 262 g/mol. The number of aliphatic carboxylic acids is 1. The van der Waals surface area contributed by atoms with Gasteiger partial charge in [-0.2, -0.15) is 0 Å². The number of thioether (sulfide) groups is 1. The van der Waals surface area contributed by atoms with Gasteiger partial charge in [0, 0.05) is 4.75 Å². The molecule has 0 amide bonds. The summed E-state index contributed by atoms with van der Waals surface area (Å²) in [6.45, 7) is 2.75. The van der Waals surface area contributed by atoms with Crippen LogP contribution in [0.1, 0.15) is 13.8 Å². The maximum Gasteiger partial charge on any atom is 0.322 e. The Balaban J connectivity index is 2.73. The molecule has 6 N–H and O–H groups in total. The van der Waals surface area contributed by atoms with Crippen molar-refractivity contribution in [1.82, 2.24) is 5.32 Å². The monoisotopic (exact) mass is 281 g/mol. The van der Waals surface area contributed by atoms with Crippen LogP contribution in [-0.2, 0) is 4.79 Å². The Kier molecular flexibility index (Phi) is 4.98. The molecular formula is C10H19NO6S. The first-order valence-corrected chi connectivity index (χ1v) is 6.40. The fourth-order valence-electron chi connectivity index (χ4n) is 1.85. The lowest BCUT2D eigenvalue weighted by molar-refractivity contribution is -0.140. The minimum Gasteiger partial charge on any atom is -0.480 e. The van der Waals surface area contributed by atoms with Gasteiger partial charge >= 0.3 is 5.97 Å². The average Bonchev–Trinajstić information content (AvgIpc) is 2.62. The minimum atomic E-state index is -1.54. The van der Waals surface area contributed by atoms with Crippen LogP contribution in [0, 0.1) is 0 Å². The van der Waals surface area contributed by atoms with E-state index < -0.39 is 47.1 Å². The summed E-state index contributed by atoms with van der Waals surface area (Å²) in [5, 5.41) is 48.4. The standard InChI is InChI=1S/C10H19NO6S/c1-10(2)7(9(16)17)11-8(18-10)6(15)5(14)4(13)3-12/h4-8,11-15H,3H2,1-2H3,(H,16,17)/t4-,5-,6+,7+,8?/m1/s1. The van der Waals surface area contributed by atoms with E-state index in [9.17, 15) is 20.1 Å². The Hall–Kier alpha value is -0.380. The molecule has 1 fully saturated rings. The molecule has 1 saturated heterocycles. The highest BCUT2D eigenvalue weighted by Crippen LogP contribution is 2.39. The fourth-order valence-corrected chi connectivity index (χ4v) is 3.31. The number of hydrogen-bond donors (Lipinski definition) is 6. The lowest BCUT2D eigenvalue weighted by Gasteiger charge is -2.26. The molecule has 1 unspecified atom stereocenters. The van der Waals surface area contributed by atoms with Crippen molar-refractivity contribution in [2.24, 2.45) is 0 Å². The molecule has 18 heavy (non-hydrogen) atoms. The van der Waals surface area contributed by atoms with Gasteiger partial charge in [0.05, 0.1) is 12.0 Å². The maximum atomic E-state index is 11.0. The minimum absolute atomic E-state index is 0.651. The van der Waals surface area contributed by atoms with Crippen molar-refractivity contribution in [2.75, 3.05) is 6.61 Å². The molecule has 5 atom stereocenters. The Labute approximate surface area is 109 Å². The van der Waals surface area contributed by atoms with Gasteiger partial charge in [0.25, 0.3) is 0 Å². The van der Waals surface area contributed by atoms with Crippen LogP contribution in [-0.4, -0.2) is 72.6 Å². The van der Waals surface area contributed by atoms with E-state index in [1.165, 1.54) is 11.8 Å². The van der Waals surface area contributed by atoms with Gasteiger partial charge in [-0.25, -0.2) is 0 Å². The fraction of sp³-hybridized carbons (Fsp3) is 0.900. The number of carboxylic acid groups (broad SMARTS) is 1. The topological polar surface area (TPSA) is 130 Å². The van der Waals surface area contributed by atoms with Crippen LogP contribution < -0.4 is 5.32 Å². The zero-order chi connectivity index (χ0) is 14.1. The highest BCUT2D eigenvalue weighted by atomic mass is 32.2. The van der Waals surface area contributed by atoms with E-state index in [4.69, 9.17) is 10.2 Å². The van der Waals surface area contributed by atoms with Crippen LogP contribution >= 0.6 is 11.8 Å². The summed E-state index contributed by atoms with van der Waals surface area (Å²) in [5.74, 6) is -1.04. The van der Waals surface area contributed by atoms with Gasteiger partial charge in [-0.1, -0.05) is 0 Å². The first-order chi connectivity index (χ1) is 8.20. The first-order valence-electron chi connectivity index (χ1n) is 5.52. The molecule has 0 bridgehead atoms. The van der Waals surface area contributed by atoms with Crippen molar-refractivity contribution < 1.29 is 30.3 Å². The first kappa shape index (κ1) is 15.7. The highest BCUT2D eigenvalue weighted by molar-refractivity contribution is 8.01. The molecule has 0 radical (unpaired) electrons. The van der Waals surface area contributed by atoms with Gasteiger partial charge in [0.15, 0.2) is 0 Å². The van der Waals surface area contributed by atoms with E-state index in [0.717, 1.165) is 0 Å². The number of hydrogen-bond acceptors (Lipinski definition) is 7. The third-order valence-electron chi connectivity index (χ3n) is 2.95. The van der Waals surface area contributed by atoms with Crippen molar-refractivity contribution in [3.8, 4) is 0 Å².